The van der Waals surface area contributed by atoms with Crippen molar-refractivity contribution in [2.75, 3.05) is 0 Å². The zero-order valence-corrected chi connectivity index (χ0v) is 24.7. The number of halogens is 3. The highest BCUT2D eigenvalue weighted by Crippen LogP contribution is 2.43. The number of aromatic nitrogens is 4. The average molecular weight is 563 g/mol. The van der Waals surface area contributed by atoms with Crippen LogP contribution in [0.25, 0.3) is 17.1 Å². The Kier molecular flexibility index (Phi) is 7.47. The lowest BCUT2D eigenvalue weighted by Gasteiger charge is -2.22. The van der Waals surface area contributed by atoms with Crippen molar-refractivity contribution in [3.8, 4) is 23.0 Å². The maximum atomic E-state index is 13.4. The zero-order valence-electron chi connectivity index (χ0n) is 24.7. The van der Waals surface area contributed by atoms with Crippen molar-refractivity contribution < 1.29 is 17.9 Å². The fraction of sp³-hybridized carbons (Fsp3) is 0.424. The number of benzene rings is 2. The molecule has 0 radical (unpaired) electrons. The van der Waals surface area contributed by atoms with Gasteiger partial charge in [0, 0.05) is 22.2 Å². The minimum Gasteiger partial charge on any atom is -0.469 e. The molecule has 0 aliphatic heterocycles. The molecule has 0 N–H and O–H groups in total. The second-order valence-corrected chi connectivity index (χ2v) is 12.2. The molecule has 0 bridgehead atoms. The fourth-order valence-corrected chi connectivity index (χ4v) is 5.50. The van der Waals surface area contributed by atoms with Gasteiger partial charge in [-0.25, -0.2) is 9.67 Å². The van der Waals surface area contributed by atoms with E-state index in [0.29, 0.717) is 29.0 Å². The maximum absolute atomic E-state index is 13.4. The number of hydrogen-bond acceptors (Lipinski definition) is 4. The predicted octanol–water partition coefficient (Wildman–Crippen LogP) is 8.96. The topological polar surface area (TPSA) is 52.8 Å². The average Bonchev–Trinajstić information content (AvgIpc) is 3.51. The van der Waals surface area contributed by atoms with Crippen LogP contribution in [0.15, 0.2) is 54.6 Å². The molecule has 0 saturated carbocycles. The van der Waals surface area contributed by atoms with Crippen molar-refractivity contribution in [2.45, 2.75) is 90.8 Å². The van der Waals surface area contributed by atoms with Gasteiger partial charge in [0.05, 0.1) is 11.4 Å². The normalized spacial score (nSPS) is 15.4. The molecule has 0 amide bonds. The molecule has 1 atom stereocenters. The van der Waals surface area contributed by atoms with Gasteiger partial charge in [-0.3, -0.25) is 0 Å². The highest BCUT2D eigenvalue weighted by molar-refractivity contribution is 5.63. The van der Waals surface area contributed by atoms with E-state index in [0.717, 1.165) is 41.3 Å². The number of fused-ring (bicyclic) bond motifs is 1. The van der Waals surface area contributed by atoms with Crippen molar-refractivity contribution >= 4 is 0 Å². The lowest BCUT2D eigenvalue weighted by atomic mass is 9.90. The summed E-state index contributed by atoms with van der Waals surface area (Å²) in [6.07, 6.45) is -3.03. The second kappa shape index (κ2) is 10.6. The molecule has 0 spiro atoms. The molecule has 1 aliphatic rings. The molecular weight excluding hydrogens is 525 g/mol. The molecule has 41 heavy (non-hydrogen) atoms. The minimum atomic E-state index is -4.50. The molecule has 1 unspecified atom stereocenters. The highest BCUT2D eigenvalue weighted by Gasteiger charge is 2.37. The van der Waals surface area contributed by atoms with Gasteiger partial charge in [-0.05, 0) is 60.9 Å². The number of ether oxygens (including phenoxy) is 1. The summed E-state index contributed by atoms with van der Waals surface area (Å²) >= 11 is 0. The van der Waals surface area contributed by atoms with Crippen LogP contribution in [-0.4, -0.2) is 19.7 Å². The largest absolute Gasteiger partial charge is 0.469 e. The monoisotopic (exact) mass is 562 g/mol. The molecule has 2 aromatic carbocycles. The molecule has 5 nitrogen and oxygen atoms in total. The Labute approximate surface area is 239 Å². The second-order valence-electron chi connectivity index (χ2n) is 12.2. The van der Waals surface area contributed by atoms with Gasteiger partial charge >= 0.3 is 6.18 Å². The third-order valence-corrected chi connectivity index (χ3v) is 7.95. The van der Waals surface area contributed by atoms with E-state index in [9.17, 15) is 13.2 Å². The Bertz CT molecular complexity index is 1550. The number of rotatable bonds is 7. The molecule has 5 rings (SSSR count). The standard InChI is InChI=1S/C33H37F3N4O/c1-19(2)24-10-8-9-11-25(24)30-37-29-26(16-17-32(29,6)7)31(38-30)41-21(5)22-12-14-23(15-13-22)40-27(20(3)4)18-28(39-40)33(34,35)36/h8-15,18-21H,16-17H2,1-7H3. The first kappa shape index (κ1) is 28.8. The van der Waals surface area contributed by atoms with Gasteiger partial charge in [-0.1, -0.05) is 77.9 Å². The van der Waals surface area contributed by atoms with Crippen molar-refractivity contribution in [3.63, 3.8) is 0 Å². The van der Waals surface area contributed by atoms with E-state index in [2.05, 4.69) is 44.9 Å². The Morgan fingerprint density at radius 1 is 0.902 bits per heavy atom. The quantitative estimate of drug-likeness (QED) is 0.226. The van der Waals surface area contributed by atoms with Crippen LogP contribution in [-0.2, 0) is 18.0 Å². The van der Waals surface area contributed by atoms with Gasteiger partial charge in [0.2, 0.25) is 5.88 Å². The van der Waals surface area contributed by atoms with Gasteiger partial charge in [-0.2, -0.15) is 23.3 Å². The van der Waals surface area contributed by atoms with Gasteiger partial charge in [0.1, 0.15) is 6.10 Å². The SMILES string of the molecule is CC(C)c1ccccc1-c1nc(OC(C)c2ccc(-n3nc(C(F)(F)F)cc3C(C)C)cc2)c2c(n1)C(C)(C)CC2. The number of alkyl halides is 3. The van der Waals surface area contributed by atoms with E-state index < -0.39 is 11.9 Å². The Morgan fingerprint density at radius 2 is 1.59 bits per heavy atom. The highest BCUT2D eigenvalue weighted by atomic mass is 19.4. The first-order chi connectivity index (χ1) is 19.3. The van der Waals surface area contributed by atoms with Crippen LogP contribution >= 0.6 is 0 Å². The first-order valence-electron chi connectivity index (χ1n) is 14.2. The summed E-state index contributed by atoms with van der Waals surface area (Å²) < 4.78 is 48.0. The summed E-state index contributed by atoms with van der Waals surface area (Å²) in [5, 5.41) is 3.87. The van der Waals surface area contributed by atoms with Crippen LogP contribution in [0.3, 0.4) is 0 Å². The first-order valence-corrected chi connectivity index (χ1v) is 14.2. The van der Waals surface area contributed by atoms with Crippen LogP contribution in [0.4, 0.5) is 13.2 Å². The predicted molar refractivity (Wildman–Crippen MR) is 155 cm³/mol. The summed E-state index contributed by atoms with van der Waals surface area (Å²) in [6, 6.07) is 16.7. The summed E-state index contributed by atoms with van der Waals surface area (Å²) in [7, 11) is 0. The van der Waals surface area contributed by atoms with E-state index in [1.807, 2.05) is 45.0 Å². The summed E-state index contributed by atoms with van der Waals surface area (Å²) in [5.74, 6) is 1.45. The van der Waals surface area contributed by atoms with Gasteiger partial charge < -0.3 is 4.74 Å². The van der Waals surface area contributed by atoms with Crippen LogP contribution in [0, 0.1) is 0 Å². The number of nitrogens with zero attached hydrogens (tertiary/aromatic N) is 4. The van der Waals surface area contributed by atoms with Gasteiger partial charge in [0.25, 0.3) is 0 Å². The zero-order chi connectivity index (χ0) is 29.7. The molecule has 0 fully saturated rings. The van der Waals surface area contributed by atoms with Crippen molar-refractivity contribution in [1.82, 2.24) is 19.7 Å². The Balaban J connectivity index is 1.48. The molecule has 8 heteroatoms. The molecule has 4 aromatic rings. The molecule has 2 heterocycles. The van der Waals surface area contributed by atoms with Crippen LogP contribution in [0.5, 0.6) is 5.88 Å². The van der Waals surface area contributed by atoms with Crippen molar-refractivity contribution in [1.29, 1.82) is 0 Å². The van der Waals surface area contributed by atoms with Crippen LogP contribution in [0.1, 0.15) is 107 Å². The van der Waals surface area contributed by atoms with Gasteiger partial charge in [0.15, 0.2) is 11.5 Å². The van der Waals surface area contributed by atoms with Crippen molar-refractivity contribution in [2.24, 2.45) is 0 Å². The maximum Gasteiger partial charge on any atom is 0.435 e. The minimum absolute atomic E-state index is 0.0874. The van der Waals surface area contributed by atoms with E-state index >= 15 is 0 Å². The van der Waals surface area contributed by atoms with E-state index in [1.165, 1.54) is 10.2 Å². The van der Waals surface area contributed by atoms with E-state index in [1.54, 1.807) is 12.1 Å². The van der Waals surface area contributed by atoms with E-state index in [4.69, 9.17) is 14.7 Å². The number of hydrogen-bond donors (Lipinski definition) is 0. The van der Waals surface area contributed by atoms with Gasteiger partial charge in [-0.15, -0.1) is 0 Å². The molecule has 1 aliphatic carbocycles. The van der Waals surface area contributed by atoms with Crippen molar-refractivity contribution in [3.05, 3.63) is 88.4 Å². The third-order valence-electron chi connectivity index (χ3n) is 7.95. The molecule has 216 valence electrons. The molecule has 2 aromatic heterocycles. The lowest BCUT2D eigenvalue weighted by Crippen LogP contribution is -2.16. The lowest BCUT2D eigenvalue weighted by molar-refractivity contribution is -0.141. The van der Waals surface area contributed by atoms with E-state index in [-0.39, 0.29) is 17.4 Å². The van der Waals surface area contributed by atoms with Crippen LogP contribution in [0.2, 0.25) is 0 Å². The Hall–Kier alpha value is -3.68. The van der Waals surface area contributed by atoms with Crippen LogP contribution < -0.4 is 4.74 Å². The fourth-order valence-electron chi connectivity index (χ4n) is 5.50. The molecular formula is C33H37F3N4O. The molecule has 0 saturated heterocycles. The third kappa shape index (κ3) is 5.61. The summed E-state index contributed by atoms with van der Waals surface area (Å²) in [4.78, 5) is 10.0. The summed E-state index contributed by atoms with van der Waals surface area (Å²) in [6.45, 7) is 14.4. The smallest absolute Gasteiger partial charge is 0.435 e. The summed E-state index contributed by atoms with van der Waals surface area (Å²) in [5.41, 5.74) is 5.24. The Morgan fingerprint density at radius 3 is 2.22 bits per heavy atom.